The molecule has 38 atom stereocenters. The van der Waals surface area contributed by atoms with E-state index < -0.39 is 202 Å². The first-order valence-electron chi connectivity index (χ1n) is 48.7. The van der Waals surface area contributed by atoms with E-state index in [0.717, 1.165) is 44.9 Å². The Labute approximate surface area is 841 Å². The third kappa shape index (κ3) is 20.3. The third-order valence-electron chi connectivity index (χ3n) is 31.8. The van der Waals surface area contributed by atoms with E-state index in [2.05, 4.69) is 57.4 Å². The Bertz CT molecular complexity index is 5280. The van der Waals surface area contributed by atoms with E-state index in [9.17, 15) is 86.6 Å². The lowest BCUT2D eigenvalue weighted by Gasteiger charge is -2.59. The zero-order valence-corrected chi connectivity index (χ0v) is 80.3. The molecule has 0 radical (unpaired) electrons. The van der Waals surface area contributed by atoms with Crippen LogP contribution in [0.25, 0.3) is 0 Å². The van der Waals surface area contributed by atoms with Gasteiger partial charge in [0.15, 0.2) is 79.9 Å². The molecule has 0 aromatic heterocycles. The fourth-order valence-corrected chi connectivity index (χ4v) is 25.0. The zero-order valence-electron chi connectivity index (χ0n) is 80.3. The van der Waals surface area contributed by atoms with Crippen LogP contribution in [0.15, 0.2) is 97.2 Å². The standard InChI is InChI=1S/C14H16O8.C14H20O4.C13H14O8.2C12H14O6.C12H14O5.2C11H12O6/c1-6(5-15)13(17)19-3-2-9(16)21-11-8-4-7-10(20-8)12(11)22-14(7)18;1-9(7-15)12(16)18-14-5-10-2-11(6-14)4-13(17,3-10)8-14;1-5(3-14)12(16)18-4-8(15)20-10-7-2-6-9(19-7)11(10)21-13(6)17;1-5(4-13)10(14)17-7-6-3-12(2)9(16-6)8(7)18-11(12)15;1-4(3-13)11(14)17-9-7-5(2)6-8(16-7)10(9)18-12(6)15;1-5(4-13)11(14)16-9-6-2-7-8(3-6)12(15)17-10(7)9;2*1-4(3-12)10(13)16-8-6-2-5-7(15-6)9(8)17-11(5)14/h7-8,10-12,15H,1-5H2;10-11,15,17H,1-8H2;6-7,9-11,14H,1-4H2;6-9,13H,1,3-4H2,2H3;5-10,13H,1,3H2,2H3;6-10,13H,1-4H2;2*5-9,12H,1-3H2. The minimum absolute atomic E-state index is 0.0148. The first-order valence-corrected chi connectivity index (χ1v) is 48.7. The molecule has 0 spiro atoms. The zero-order chi connectivity index (χ0) is 107. The van der Waals surface area contributed by atoms with Gasteiger partial charge in [0.1, 0.15) is 73.2 Å². The molecule has 0 aromatic carbocycles. The Hall–Kier alpha value is -11.7. The van der Waals surface area contributed by atoms with Gasteiger partial charge in [-0.15, -0.1) is 0 Å². The summed E-state index contributed by atoms with van der Waals surface area (Å²) >= 11 is 0. The van der Waals surface area contributed by atoms with Crippen LogP contribution >= 0.6 is 0 Å². The van der Waals surface area contributed by atoms with Gasteiger partial charge in [-0.05, 0) is 95.8 Å². The molecule has 6 aliphatic carbocycles. The normalized spacial score (nSPS) is 40.6. The maximum absolute atomic E-state index is 11.8. The number of esters is 17. The molecule has 49 heteroatoms. The molecule has 25 aliphatic rings. The number of aliphatic hydroxyl groups excluding tert-OH is 8. The molecule has 25 fully saturated rings. The second-order valence-corrected chi connectivity index (χ2v) is 41.4. The van der Waals surface area contributed by atoms with Crippen LogP contribution in [0.4, 0.5) is 0 Å². The molecule has 19 aliphatic heterocycles. The number of hydrogen-bond acceptors (Lipinski definition) is 49. The Morgan fingerprint density at radius 2 is 0.689 bits per heavy atom. The molecule has 25 rings (SSSR count). The molecule has 38 unspecified atom stereocenters. The summed E-state index contributed by atoms with van der Waals surface area (Å²) in [7, 11) is 0. The minimum atomic E-state index is -0.869. The Morgan fingerprint density at radius 3 is 1.11 bits per heavy atom. The molecule has 0 aromatic rings. The van der Waals surface area contributed by atoms with Crippen molar-refractivity contribution in [1.82, 2.24) is 0 Å². The SMILES string of the molecule is C=C(CO)C(=O)OC12CC3CC(CC(O)(C3)C1)C2.C=C(CO)C(=O)OC1C2CC3(C)C(=O)OC1C3O2.C=C(CO)C(=O)OC1C2CC3C(=O)OC1C3C2.C=C(CO)C(=O)OC1C2CC3C(=O)OC1C3O2.C=C(CO)C(=O)OC1C2CC3C(=O)OC1C3O2.C=C(CO)C(=O)OC1C2OC3C1OC(=O)C3C2C.C=C(CO)C(=O)OCC(=O)OC1C2CC3C(=O)OC1C3O2.C=C(CO)C(=O)OCCC(=O)OC1C2CC3C(=O)OC1C3O2. The molecule has 9 N–H and O–H groups in total. The molecule has 19 saturated heterocycles. The summed E-state index contributed by atoms with van der Waals surface area (Å²) in [5.74, 6) is -8.44. The molecule has 0 amide bonds. The Kier molecular flexibility index (Phi) is 31.0. The molecule has 6 saturated carbocycles. The summed E-state index contributed by atoms with van der Waals surface area (Å²) in [5.41, 5.74) is -1.94. The lowest BCUT2D eigenvalue weighted by molar-refractivity contribution is -0.217. The van der Waals surface area contributed by atoms with Crippen LogP contribution in [0.5, 0.6) is 0 Å². The van der Waals surface area contributed by atoms with Crippen LogP contribution in [-0.4, -0.2) is 383 Å². The predicted octanol–water partition coefficient (Wildman–Crippen LogP) is -3.74. The first kappa shape index (κ1) is 108. The highest BCUT2D eigenvalue weighted by atomic mass is 16.7. The smallest absolute Gasteiger partial charge is 0.344 e. The van der Waals surface area contributed by atoms with Gasteiger partial charge in [0, 0.05) is 24.2 Å². The summed E-state index contributed by atoms with van der Waals surface area (Å²) < 4.78 is 121. The van der Waals surface area contributed by atoms with Crippen molar-refractivity contribution in [2.45, 2.75) is 274 Å². The molecule has 806 valence electrons. The quantitative estimate of drug-likeness (QED) is 0.0197. The Balaban J connectivity index is 0.000000116. The van der Waals surface area contributed by atoms with Crippen molar-refractivity contribution >= 4 is 101 Å². The second-order valence-electron chi connectivity index (χ2n) is 41.4. The fraction of sp³-hybridized carbons (Fsp3) is 0.667. The van der Waals surface area contributed by atoms with E-state index in [1.165, 1.54) is 0 Å². The molecule has 18 bridgehead atoms. The van der Waals surface area contributed by atoms with Gasteiger partial charge in [0.25, 0.3) is 0 Å². The predicted molar refractivity (Wildman–Crippen MR) is 473 cm³/mol. The highest BCUT2D eigenvalue weighted by Gasteiger charge is 2.74. The number of carbonyl (C=O) groups excluding carboxylic acids is 17. The number of aliphatic hydroxyl groups is 9. The molecule has 148 heavy (non-hydrogen) atoms. The number of ether oxygens (including phenoxy) is 23. The molecular weight excluding hydrogens is 1970 g/mol. The highest BCUT2D eigenvalue weighted by Crippen LogP contribution is 2.62. The Morgan fingerprint density at radius 1 is 0.331 bits per heavy atom. The fourth-order valence-electron chi connectivity index (χ4n) is 25.0. The van der Waals surface area contributed by atoms with E-state index in [-0.39, 0.29) is 245 Å². The van der Waals surface area contributed by atoms with Crippen LogP contribution < -0.4 is 0 Å². The summed E-state index contributed by atoms with van der Waals surface area (Å²) in [4.78, 5) is 196. The van der Waals surface area contributed by atoms with Crippen molar-refractivity contribution in [3.63, 3.8) is 0 Å². The average Bonchev–Trinajstić information content (AvgIpc) is 1.49. The van der Waals surface area contributed by atoms with Gasteiger partial charge < -0.3 is 155 Å². The monoisotopic (exact) mass is 2090 g/mol. The number of hydrogen-bond donors (Lipinski definition) is 9. The number of carbonyl (C=O) groups is 17. The maximum Gasteiger partial charge on any atom is 0.344 e. The van der Waals surface area contributed by atoms with Gasteiger partial charge in [-0.25, -0.2) is 43.2 Å². The highest BCUT2D eigenvalue weighted by molar-refractivity contribution is 5.93. The number of rotatable bonds is 29. The van der Waals surface area contributed by atoms with Gasteiger partial charge in [0.05, 0.1) is 175 Å². The van der Waals surface area contributed by atoms with Crippen molar-refractivity contribution < 1.29 is 236 Å². The van der Waals surface area contributed by atoms with E-state index in [0.29, 0.717) is 50.4 Å². The summed E-state index contributed by atoms with van der Waals surface area (Å²) in [6, 6.07) is 0. The van der Waals surface area contributed by atoms with Gasteiger partial charge in [0.2, 0.25) is 0 Å². The largest absolute Gasteiger partial charge is 0.462 e. The summed E-state index contributed by atoms with van der Waals surface area (Å²) in [5, 5.41) is 80.8. The van der Waals surface area contributed by atoms with E-state index >= 15 is 0 Å². The van der Waals surface area contributed by atoms with Crippen LogP contribution in [0.2, 0.25) is 0 Å². The second kappa shape index (κ2) is 42.6. The van der Waals surface area contributed by atoms with Crippen LogP contribution in [-0.2, 0) is 190 Å². The van der Waals surface area contributed by atoms with E-state index in [4.69, 9.17) is 145 Å². The lowest BCUT2D eigenvalue weighted by Crippen LogP contribution is -2.60. The summed E-state index contributed by atoms with van der Waals surface area (Å²) in [6.07, 6.45) is -1.93. The van der Waals surface area contributed by atoms with Crippen molar-refractivity contribution in [2.24, 2.45) is 70.5 Å². The third-order valence-corrected chi connectivity index (χ3v) is 31.8. The van der Waals surface area contributed by atoms with E-state index in [1.807, 2.05) is 13.8 Å². The average molecular weight is 2090 g/mol. The first-order chi connectivity index (χ1) is 70.3. The van der Waals surface area contributed by atoms with Crippen LogP contribution in [0.1, 0.15) is 104 Å². The summed E-state index contributed by atoms with van der Waals surface area (Å²) in [6.45, 7) is 26.3. The van der Waals surface area contributed by atoms with Crippen molar-refractivity contribution in [1.29, 1.82) is 0 Å². The van der Waals surface area contributed by atoms with Crippen molar-refractivity contribution in [2.75, 3.05) is 66.1 Å². The maximum atomic E-state index is 11.8. The van der Waals surface area contributed by atoms with Crippen molar-refractivity contribution in [3.8, 4) is 0 Å². The van der Waals surface area contributed by atoms with Crippen LogP contribution in [0, 0.1) is 70.5 Å². The lowest BCUT2D eigenvalue weighted by atomic mass is 9.52. The molecule has 19 heterocycles. The molecule has 49 nitrogen and oxygen atoms in total. The number of fused-ring (bicyclic) bond motifs is 7. The van der Waals surface area contributed by atoms with Crippen molar-refractivity contribution in [3.05, 3.63) is 97.2 Å². The van der Waals surface area contributed by atoms with Gasteiger partial charge in [-0.3, -0.25) is 38.4 Å². The van der Waals surface area contributed by atoms with Gasteiger partial charge in [-0.2, -0.15) is 0 Å². The molecular formula is C99H116O49. The van der Waals surface area contributed by atoms with Gasteiger partial charge in [-0.1, -0.05) is 59.6 Å². The van der Waals surface area contributed by atoms with Crippen LogP contribution in [0.3, 0.4) is 0 Å². The van der Waals surface area contributed by atoms with E-state index in [1.54, 1.807) is 0 Å². The van der Waals surface area contributed by atoms with Gasteiger partial charge >= 0.3 is 101 Å². The minimum Gasteiger partial charge on any atom is -0.462 e. The topological polar surface area (TPSA) is 685 Å².